The Morgan fingerprint density at radius 3 is 2.21 bits per heavy atom. The van der Waals surface area contributed by atoms with Crippen LogP contribution >= 0.6 is 11.8 Å². The Balaban J connectivity index is 4.22. The zero-order valence-electron chi connectivity index (χ0n) is 10.6. The van der Waals surface area contributed by atoms with Gasteiger partial charge in [-0.1, -0.05) is 0 Å². The molecule has 6 heteroatoms. The monoisotopic (exact) mass is 270 g/mol. The lowest BCUT2D eigenvalue weighted by Gasteiger charge is -2.06. The summed E-state index contributed by atoms with van der Waals surface area (Å²) in [6.45, 7) is 3.16. The van der Waals surface area contributed by atoms with Gasteiger partial charge in [-0.05, 0) is 20.1 Å². The Morgan fingerprint density at radius 2 is 1.84 bits per heavy atom. The molecule has 1 N–H and O–H groups in total. The summed E-state index contributed by atoms with van der Waals surface area (Å²) in [6, 6.07) is 5.42. The molecule has 0 bridgehead atoms. The van der Waals surface area contributed by atoms with E-state index in [2.05, 4.69) is 4.98 Å². The highest BCUT2D eigenvalue weighted by Gasteiger charge is 2.14. The minimum Gasteiger partial charge on any atom is -0.512 e. The highest BCUT2D eigenvalue weighted by Crippen LogP contribution is 2.14. The molecule has 94 valence electrons. The standard InChI is InChI=1S/C13H10N4OS/c1-7-11(8(2)18)13(19-3)10(6-16)12(17-7)9(4-14)5-15/h18H,1-3H3. The van der Waals surface area contributed by atoms with E-state index in [0.29, 0.717) is 15.8 Å². The van der Waals surface area contributed by atoms with E-state index >= 15 is 0 Å². The van der Waals surface area contributed by atoms with Gasteiger partial charge in [0.2, 0.25) is 0 Å². The third kappa shape index (κ3) is 2.52. The van der Waals surface area contributed by atoms with Crippen LogP contribution in [0.3, 0.4) is 0 Å². The summed E-state index contributed by atoms with van der Waals surface area (Å²) < 4.78 is 0. The normalized spacial score (nSPS) is 10.9. The van der Waals surface area contributed by atoms with Gasteiger partial charge in [-0.3, -0.25) is 0 Å². The number of aliphatic hydroxyl groups excluding tert-OH is 1. The second kappa shape index (κ2) is 5.91. The second-order valence-electron chi connectivity index (χ2n) is 3.62. The lowest BCUT2D eigenvalue weighted by atomic mass is 10.1. The quantitative estimate of drug-likeness (QED) is 0.759. The van der Waals surface area contributed by atoms with Crippen molar-refractivity contribution >= 4 is 23.1 Å². The fourth-order valence-corrected chi connectivity index (χ4v) is 2.57. The highest BCUT2D eigenvalue weighted by atomic mass is 32.2. The van der Waals surface area contributed by atoms with Crippen molar-refractivity contribution in [1.29, 1.82) is 15.8 Å². The van der Waals surface area contributed by atoms with Gasteiger partial charge >= 0.3 is 0 Å². The highest BCUT2D eigenvalue weighted by molar-refractivity contribution is 7.98. The minimum absolute atomic E-state index is 0.0489. The molecule has 0 atom stereocenters. The lowest BCUT2D eigenvalue weighted by Crippen LogP contribution is -2.27. The number of hydrogen-bond acceptors (Lipinski definition) is 6. The van der Waals surface area contributed by atoms with E-state index in [1.165, 1.54) is 18.7 Å². The van der Waals surface area contributed by atoms with E-state index < -0.39 is 0 Å². The van der Waals surface area contributed by atoms with Crippen LogP contribution in [0, 0.1) is 40.9 Å². The predicted octanol–water partition coefficient (Wildman–Crippen LogP) is 0.868. The third-order valence-corrected chi connectivity index (χ3v) is 3.29. The Bertz CT molecular complexity index is 755. The van der Waals surface area contributed by atoms with Crippen LogP contribution in [0.1, 0.15) is 18.2 Å². The van der Waals surface area contributed by atoms with Crippen molar-refractivity contribution in [2.45, 2.75) is 18.7 Å². The second-order valence-corrected chi connectivity index (χ2v) is 4.44. The maximum Gasteiger partial charge on any atom is 0.156 e. The summed E-state index contributed by atoms with van der Waals surface area (Å²) in [6.07, 6.45) is 1.75. The molecule has 0 saturated carbocycles. The van der Waals surface area contributed by atoms with Gasteiger partial charge in [0, 0.05) is 15.8 Å². The van der Waals surface area contributed by atoms with E-state index in [9.17, 15) is 10.4 Å². The maximum absolute atomic E-state index is 9.70. The first-order valence-corrected chi connectivity index (χ1v) is 6.43. The SMILES string of the molecule is CSc1c(C#N)c(=C(C#N)C#N)nc(C)c1=C(C)O. The molecule has 5 nitrogen and oxygen atoms in total. The number of aromatic nitrogens is 1. The first-order chi connectivity index (χ1) is 9.01. The molecule has 0 radical (unpaired) electrons. The van der Waals surface area contributed by atoms with E-state index in [1.54, 1.807) is 25.3 Å². The number of pyridine rings is 1. The lowest BCUT2D eigenvalue weighted by molar-refractivity contribution is 0.496. The number of hydrogen-bond donors (Lipinski definition) is 1. The Hall–Kier alpha value is -2.49. The molecule has 1 heterocycles. The molecule has 1 aromatic heterocycles. The van der Waals surface area contributed by atoms with Crippen LogP contribution in [0.2, 0.25) is 0 Å². The Labute approximate surface area is 114 Å². The number of nitriles is 3. The largest absolute Gasteiger partial charge is 0.512 e. The van der Waals surface area contributed by atoms with Crippen LogP contribution in [0.25, 0.3) is 11.3 Å². The van der Waals surface area contributed by atoms with Crippen LogP contribution in [0.15, 0.2) is 4.90 Å². The van der Waals surface area contributed by atoms with E-state index in [-0.39, 0.29) is 22.2 Å². The molecule has 0 aliphatic rings. The van der Waals surface area contributed by atoms with Gasteiger partial charge in [0.15, 0.2) is 5.57 Å². The van der Waals surface area contributed by atoms with Crippen molar-refractivity contribution in [2.75, 3.05) is 6.26 Å². The number of thioether (sulfide) groups is 1. The van der Waals surface area contributed by atoms with Crippen molar-refractivity contribution in [3.63, 3.8) is 0 Å². The van der Waals surface area contributed by atoms with Crippen molar-refractivity contribution in [3.8, 4) is 18.2 Å². The number of nitrogens with zero attached hydrogens (tertiary/aromatic N) is 4. The van der Waals surface area contributed by atoms with Crippen molar-refractivity contribution in [3.05, 3.63) is 21.8 Å². The molecule has 0 fully saturated rings. The van der Waals surface area contributed by atoms with Gasteiger partial charge in [0.25, 0.3) is 0 Å². The first kappa shape index (κ1) is 14.6. The average Bonchev–Trinajstić information content (AvgIpc) is 2.38. The zero-order chi connectivity index (χ0) is 14.6. The molecule has 1 aromatic rings. The fourth-order valence-electron chi connectivity index (χ4n) is 1.72. The Kier molecular flexibility index (Phi) is 4.53. The van der Waals surface area contributed by atoms with E-state index in [1.807, 2.05) is 6.07 Å². The third-order valence-electron chi connectivity index (χ3n) is 2.47. The molecular weight excluding hydrogens is 260 g/mol. The topological polar surface area (TPSA) is 104 Å². The molecule has 1 rings (SSSR count). The summed E-state index contributed by atoms with van der Waals surface area (Å²) in [4.78, 5) is 4.64. The van der Waals surface area contributed by atoms with Gasteiger partial charge in [-0.15, -0.1) is 11.8 Å². The smallest absolute Gasteiger partial charge is 0.156 e. The van der Waals surface area contributed by atoms with Gasteiger partial charge in [0.1, 0.15) is 23.6 Å². The summed E-state index contributed by atoms with van der Waals surface area (Å²) in [5.74, 6) is 0.0489. The molecule has 0 aromatic carbocycles. The molecule has 0 amide bonds. The van der Waals surface area contributed by atoms with Crippen LogP contribution < -0.4 is 10.6 Å². The molecule has 0 saturated heterocycles. The number of aryl methyl sites for hydroxylation is 1. The minimum atomic E-state index is -0.211. The fraction of sp³-hybridized carbons (Fsp3) is 0.231. The summed E-state index contributed by atoms with van der Waals surface area (Å²) in [5, 5.41) is 37.3. The summed E-state index contributed by atoms with van der Waals surface area (Å²) >= 11 is 1.27. The van der Waals surface area contributed by atoms with Crippen molar-refractivity contribution in [2.24, 2.45) is 0 Å². The van der Waals surface area contributed by atoms with Crippen LogP contribution in [0.4, 0.5) is 0 Å². The summed E-state index contributed by atoms with van der Waals surface area (Å²) in [5.41, 5.74) is 0.401. The molecule has 0 spiro atoms. The van der Waals surface area contributed by atoms with Crippen LogP contribution in [-0.4, -0.2) is 16.3 Å². The van der Waals surface area contributed by atoms with Gasteiger partial charge in [-0.2, -0.15) is 15.8 Å². The van der Waals surface area contributed by atoms with Gasteiger partial charge in [0.05, 0.1) is 11.3 Å². The molecule has 0 aliphatic carbocycles. The van der Waals surface area contributed by atoms with Crippen LogP contribution in [0.5, 0.6) is 0 Å². The van der Waals surface area contributed by atoms with Crippen molar-refractivity contribution < 1.29 is 5.11 Å². The van der Waals surface area contributed by atoms with Crippen molar-refractivity contribution in [1.82, 2.24) is 4.98 Å². The van der Waals surface area contributed by atoms with E-state index in [0.717, 1.165) is 0 Å². The summed E-state index contributed by atoms with van der Waals surface area (Å²) in [7, 11) is 0. The maximum atomic E-state index is 9.70. The molecule has 0 aliphatic heterocycles. The number of aliphatic hydroxyl groups is 1. The predicted molar refractivity (Wildman–Crippen MR) is 71.1 cm³/mol. The van der Waals surface area contributed by atoms with Gasteiger partial charge in [-0.25, -0.2) is 4.98 Å². The average molecular weight is 270 g/mol. The molecule has 19 heavy (non-hydrogen) atoms. The van der Waals surface area contributed by atoms with Gasteiger partial charge < -0.3 is 5.11 Å². The zero-order valence-corrected chi connectivity index (χ0v) is 11.5. The molecule has 0 unspecified atom stereocenters. The van der Waals surface area contributed by atoms with Crippen LogP contribution in [-0.2, 0) is 0 Å². The number of rotatable bonds is 1. The Morgan fingerprint density at radius 1 is 1.26 bits per heavy atom. The molecular formula is C13H10N4OS. The van der Waals surface area contributed by atoms with E-state index in [4.69, 9.17) is 10.5 Å². The first-order valence-electron chi connectivity index (χ1n) is 5.20.